The Labute approximate surface area is 214 Å². The highest BCUT2D eigenvalue weighted by Gasteiger charge is 2.35. The van der Waals surface area contributed by atoms with E-state index < -0.39 is 30.0 Å². The quantitative estimate of drug-likeness (QED) is 0.337. The van der Waals surface area contributed by atoms with Crippen LogP contribution < -0.4 is 14.8 Å². The summed E-state index contributed by atoms with van der Waals surface area (Å²) in [5.74, 6) is -2.97. The highest BCUT2D eigenvalue weighted by molar-refractivity contribution is 5.92. The lowest BCUT2D eigenvalue weighted by molar-refractivity contribution is -0.0583. The highest BCUT2D eigenvalue weighted by Crippen LogP contribution is 2.37. The van der Waals surface area contributed by atoms with E-state index in [1.54, 1.807) is 26.0 Å². The minimum atomic E-state index is -3.69. The molecule has 2 aromatic carbocycles. The van der Waals surface area contributed by atoms with Crippen LogP contribution in [-0.4, -0.2) is 47.6 Å². The first kappa shape index (κ1) is 26.9. The van der Waals surface area contributed by atoms with Gasteiger partial charge in [-0.05, 0) is 52.2 Å². The number of aliphatic hydroxyl groups excluding tert-OH is 1. The molecule has 0 aliphatic heterocycles. The Hall–Kier alpha value is -3.11. The van der Waals surface area contributed by atoms with E-state index in [0.29, 0.717) is 40.7 Å². The van der Waals surface area contributed by atoms with Crippen LogP contribution in [0.15, 0.2) is 30.3 Å². The maximum Gasteiger partial charge on any atom is 0.298 e. The molecule has 1 unspecified atom stereocenters. The Balaban J connectivity index is 1.64. The van der Waals surface area contributed by atoms with Crippen molar-refractivity contribution in [3.8, 4) is 11.5 Å². The number of nitrogens with zero attached hydrogens (tertiary/aromatic N) is 2. The number of aliphatic hydroxyl groups is 1. The Morgan fingerprint density at radius 1 is 1.16 bits per heavy atom. The lowest BCUT2D eigenvalue weighted by Gasteiger charge is -2.27. The summed E-state index contributed by atoms with van der Waals surface area (Å²) in [4.78, 5) is 8.97. The molecular weight excluding hydrogens is 487 g/mol. The molecule has 0 radical (unpaired) electrons. The van der Waals surface area contributed by atoms with E-state index in [0.717, 1.165) is 18.9 Å². The van der Waals surface area contributed by atoms with Gasteiger partial charge in [-0.25, -0.2) is 14.4 Å². The molecule has 1 saturated carbocycles. The first-order chi connectivity index (χ1) is 17.6. The van der Waals surface area contributed by atoms with Crippen LogP contribution in [0.1, 0.15) is 56.1 Å². The lowest BCUT2D eigenvalue weighted by Crippen LogP contribution is -2.28. The van der Waals surface area contributed by atoms with E-state index in [-0.39, 0.29) is 17.8 Å². The van der Waals surface area contributed by atoms with Crippen LogP contribution in [0.4, 0.5) is 19.0 Å². The van der Waals surface area contributed by atoms with Gasteiger partial charge in [0.05, 0.1) is 36.9 Å². The number of benzene rings is 2. The Kier molecular flexibility index (Phi) is 8.08. The van der Waals surface area contributed by atoms with Gasteiger partial charge >= 0.3 is 0 Å². The van der Waals surface area contributed by atoms with E-state index in [1.807, 2.05) is 6.92 Å². The summed E-state index contributed by atoms with van der Waals surface area (Å²) in [5, 5.41) is 12.7. The van der Waals surface area contributed by atoms with E-state index in [9.17, 15) is 8.78 Å². The zero-order valence-corrected chi connectivity index (χ0v) is 21.4. The third-order valence-electron chi connectivity index (χ3n) is 6.48. The fraction of sp³-hybridized carbons (Fsp3) is 0.481. The number of methoxy groups -OCH3 is 1. The minimum Gasteiger partial charge on any atom is -0.493 e. The summed E-state index contributed by atoms with van der Waals surface area (Å²) >= 11 is 0. The minimum absolute atomic E-state index is 0.0155. The molecule has 37 heavy (non-hydrogen) atoms. The van der Waals surface area contributed by atoms with E-state index >= 15 is 4.39 Å². The number of alkyl halides is 2. The van der Waals surface area contributed by atoms with Crippen molar-refractivity contribution in [1.29, 1.82) is 0 Å². The monoisotopic (exact) mass is 519 g/mol. The molecule has 7 nitrogen and oxygen atoms in total. The molecular formula is C27H32F3N3O4. The number of aryl methyl sites for hydroxylation is 1. The van der Waals surface area contributed by atoms with E-state index in [2.05, 4.69) is 15.3 Å². The van der Waals surface area contributed by atoms with Gasteiger partial charge in [-0.3, -0.25) is 0 Å². The number of anilines is 1. The zero-order valence-electron chi connectivity index (χ0n) is 21.4. The van der Waals surface area contributed by atoms with Crippen LogP contribution in [0.2, 0.25) is 0 Å². The third kappa shape index (κ3) is 5.91. The van der Waals surface area contributed by atoms with Gasteiger partial charge < -0.3 is 24.6 Å². The van der Waals surface area contributed by atoms with Crippen LogP contribution in [0.3, 0.4) is 0 Å². The second-order valence-corrected chi connectivity index (χ2v) is 9.39. The Morgan fingerprint density at radius 3 is 2.57 bits per heavy atom. The van der Waals surface area contributed by atoms with Crippen molar-refractivity contribution in [3.05, 3.63) is 53.1 Å². The SMILES string of the molecule is COc1cc2nc(C)nc(N[C@H](C)c3cccc(C(F)(F)CO)c3F)c2cc1OC(C)COC1CCC1. The second-order valence-electron chi connectivity index (χ2n) is 9.39. The standard InChI is InChI=1S/C27H32F3N3O4/c1-15(13-36-18-7-5-8-18)37-24-11-20-22(12-23(24)35-4)32-17(3)33-26(20)31-16(2)19-9-6-10-21(25(19)28)27(29,30)14-34/h6,9-12,15-16,18,34H,5,7-8,13-14H2,1-4H3,(H,31,32,33)/t15?,16-/m1/s1. The van der Waals surface area contributed by atoms with Crippen molar-refractivity contribution >= 4 is 16.7 Å². The average molecular weight is 520 g/mol. The van der Waals surface area contributed by atoms with Crippen molar-refractivity contribution in [2.75, 3.05) is 25.6 Å². The smallest absolute Gasteiger partial charge is 0.298 e. The largest absolute Gasteiger partial charge is 0.493 e. The first-order valence-electron chi connectivity index (χ1n) is 12.3. The number of nitrogens with one attached hydrogen (secondary N) is 1. The van der Waals surface area contributed by atoms with E-state index in [1.165, 1.54) is 25.7 Å². The summed E-state index contributed by atoms with van der Waals surface area (Å²) in [5.41, 5.74) is -0.268. The van der Waals surface area contributed by atoms with Crippen molar-refractivity contribution in [2.24, 2.45) is 0 Å². The molecule has 3 aromatic rings. The number of aromatic nitrogens is 2. The number of ether oxygens (including phenoxy) is 3. The number of hydrogen-bond donors (Lipinski definition) is 2. The van der Waals surface area contributed by atoms with Crippen LogP contribution in [0, 0.1) is 12.7 Å². The molecule has 10 heteroatoms. The number of fused-ring (bicyclic) bond motifs is 1. The van der Waals surface area contributed by atoms with Gasteiger partial charge in [0.1, 0.15) is 30.2 Å². The molecule has 1 aliphatic carbocycles. The normalized spacial score (nSPS) is 15.8. The second kappa shape index (κ2) is 11.1. The molecule has 1 fully saturated rings. The summed E-state index contributed by atoms with van der Waals surface area (Å²) < 4.78 is 60.7. The van der Waals surface area contributed by atoms with Gasteiger partial charge in [-0.1, -0.05) is 12.1 Å². The third-order valence-corrected chi connectivity index (χ3v) is 6.48. The van der Waals surface area contributed by atoms with Crippen LogP contribution in [0.25, 0.3) is 10.9 Å². The van der Waals surface area contributed by atoms with Crippen molar-refractivity contribution in [1.82, 2.24) is 9.97 Å². The summed E-state index contributed by atoms with van der Waals surface area (Å²) in [6, 6.07) is 6.47. The fourth-order valence-corrected chi connectivity index (χ4v) is 4.21. The number of hydrogen-bond acceptors (Lipinski definition) is 7. The van der Waals surface area contributed by atoms with Gasteiger partial charge in [0, 0.05) is 17.0 Å². The average Bonchev–Trinajstić information content (AvgIpc) is 2.82. The molecule has 2 atom stereocenters. The maximum absolute atomic E-state index is 15.1. The van der Waals surface area contributed by atoms with Gasteiger partial charge in [0.25, 0.3) is 5.92 Å². The molecule has 1 aromatic heterocycles. The predicted octanol–water partition coefficient (Wildman–Crippen LogP) is 5.68. The van der Waals surface area contributed by atoms with Gasteiger partial charge in [-0.15, -0.1) is 0 Å². The van der Waals surface area contributed by atoms with Crippen molar-refractivity contribution in [3.63, 3.8) is 0 Å². The van der Waals surface area contributed by atoms with Gasteiger partial charge in [0.15, 0.2) is 11.5 Å². The molecule has 0 saturated heterocycles. The number of rotatable bonds is 11. The molecule has 200 valence electrons. The molecule has 2 N–H and O–H groups in total. The van der Waals surface area contributed by atoms with Crippen LogP contribution in [-0.2, 0) is 10.7 Å². The zero-order chi connectivity index (χ0) is 26.7. The lowest BCUT2D eigenvalue weighted by atomic mass is 9.96. The van der Waals surface area contributed by atoms with Gasteiger partial charge in [-0.2, -0.15) is 8.78 Å². The summed E-state index contributed by atoms with van der Waals surface area (Å²) in [6.45, 7) is 4.22. The molecule has 1 aliphatic rings. The number of halogens is 3. The molecule has 1 heterocycles. The predicted molar refractivity (Wildman–Crippen MR) is 134 cm³/mol. The van der Waals surface area contributed by atoms with Crippen LogP contribution in [0.5, 0.6) is 11.5 Å². The Morgan fingerprint density at radius 2 is 1.92 bits per heavy atom. The fourth-order valence-electron chi connectivity index (χ4n) is 4.21. The van der Waals surface area contributed by atoms with Crippen LogP contribution >= 0.6 is 0 Å². The van der Waals surface area contributed by atoms with Gasteiger partial charge in [0.2, 0.25) is 0 Å². The molecule has 4 rings (SSSR count). The first-order valence-corrected chi connectivity index (χ1v) is 12.3. The highest BCUT2D eigenvalue weighted by atomic mass is 19.3. The van der Waals surface area contributed by atoms with Crippen molar-refractivity contribution in [2.45, 2.75) is 64.2 Å². The summed E-state index contributed by atoms with van der Waals surface area (Å²) in [6.07, 6.45) is 3.37. The Bertz CT molecular complexity index is 1250. The van der Waals surface area contributed by atoms with Crippen molar-refractivity contribution < 1.29 is 32.5 Å². The van der Waals surface area contributed by atoms with E-state index in [4.69, 9.17) is 19.3 Å². The molecule has 0 spiro atoms. The summed E-state index contributed by atoms with van der Waals surface area (Å²) in [7, 11) is 1.54. The topological polar surface area (TPSA) is 85.7 Å². The maximum atomic E-state index is 15.1. The molecule has 0 amide bonds. The molecule has 0 bridgehead atoms.